The monoisotopic (exact) mass is 346 g/mol. The van der Waals surface area contributed by atoms with Gasteiger partial charge in [-0.05, 0) is 34.9 Å². The van der Waals surface area contributed by atoms with Gasteiger partial charge < -0.3 is 9.84 Å². The Balaban J connectivity index is 1.64. The average Bonchev–Trinajstić information content (AvgIpc) is 2.69. The first-order valence-corrected chi connectivity index (χ1v) is 8.03. The summed E-state index contributed by atoms with van der Waals surface area (Å²) in [6, 6.07) is 22.3. The second kappa shape index (κ2) is 7.98. The Kier molecular flexibility index (Phi) is 5.29. The predicted octanol–water partition coefficient (Wildman–Crippen LogP) is 3.83. The normalized spacial score (nSPS) is 10.7. The van der Waals surface area contributed by atoms with Gasteiger partial charge in [0.25, 0.3) is 5.91 Å². The third-order valence-electron chi connectivity index (χ3n) is 3.84. The molecule has 0 aliphatic carbocycles. The number of hydrogen-bond acceptors (Lipinski definition) is 4. The molecule has 0 fully saturated rings. The molecule has 5 heteroatoms. The molecule has 0 bridgehead atoms. The van der Waals surface area contributed by atoms with E-state index in [-0.39, 0.29) is 17.4 Å². The standard InChI is InChI=1S/C21H18N2O3/c1-26-20-13-18(11-12-19(20)24)21(25)23-22-14-15-7-9-17(10-8-15)16-5-3-2-4-6-16/h2-14,24H,1H3,(H,23,25). The number of methoxy groups -OCH3 is 1. The van der Waals surface area contributed by atoms with Gasteiger partial charge in [-0.15, -0.1) is 0 Å². The lowest BCUT2D eigenvalue weighted by molar-refractivity contribution is 0.0954. The largest absolute Gasteiger partial charge is 0.504 e. The fourth-order valence-electron chi connectivity index (χ4n) is 2.44. The van der Waals surface area contributed by atoms with Crippen molar-refractivity contribution < 1.29 is 14.6 Å². The highest BCUT2D eigenvalue weighted by atomic mass is 16.5. The fraction of sp³-hybridized carbons (Fsp3) is 0.0476. The second-order valence-corrected chi connectivity index (χ2v) is 5.57. The van der Waals surface area contributed by atoms with Crippen LogP contribution < -0.4 is 10.2 Å². The number of phenolic OH excluding ortho intramolecular Hbond substituents is 1. The first-order chi connectivity index (χ1) is 12.7. The van der Waals surface area contributed by atoms with Crippen molar-refractivity contribution in [1.82, 2.24) is 5.43 Å². The topological polar surface area (TPSA) is 70.9 Å². The number of hydrazone groups is 1. The van der Waals surface area contributed by atoms with Crippen LogP contribution in [-0.4, -0.2) is 24.3 Å². The lowest BCUT2D eigenvalue weighted by atomic mass is 10.0. The van der Waals surface area contributed by atoms with Crippen molar-refractivity contribution in [3.05, 3.63) is 83.9 Å². The molecule has 5 nitrogen and oxygen atoms in total. The van der Waals surface area contributed by atoms with Crippen LogP contribution in [0.5, 0.6) is 11.5 Å². The van der Waals surface area contributed by atoms with Gasteiger partial charge in [-0.1, -0.05) is 54.6 Å². The number of benzene rings is 3. The minimum Gasteiger partial charge on any atom is -0.504 e. The van der Waals surface area contributed by atoms with E-state index in [9.17, 15) is 9.90 Å². The van der Waals surface area contributed by atoms with Gasteiger partial charge in [0.05, 0.1) is 13.3 Å². The van der Waals surface area contributed by atoms with Gasteiger partial charge in [-0.25, -0.2) is 5.43 Å². The molecule has 3 aromatic rings. The zero-order valence-corrected chi connectivity index (χ0v) is 14.2. The van der Waals surface area contributed by atoms with Crippen molar-refractivity contribution in [3.63, 3.8) is 0 Å². The van der Waals surface area contributed by atoms with Crippen molar-refractivity contribution in [2.24, 2.45) is 5.10 Å². The van der Waals surface area contributed by atoms with E-state index >= 15 is 0 Å². The third-order valence-corrected chi connectivity index (χ3v) is 3.84. The number of phenols is 1. The Bertz CT molecular complexity index is 920. The van der Waals surface area contributed by atoms with Crippen LogP contribution in [0.2, 0.25) is 0 Å². The molecule has 3 rings (SSSR count). The Morgan fingerprint density at radius 3 is 2.38 bits per heavy atom. The fourth-order valence-corrected chi connectivity index (χ4v) is 2.44. The van der Waals surface area contributed by atoms with Gasteiger partial charge in [-0.3, -0.25) is 4.79 Å². The van der Waals surface area contributed by atoms with E-state index in [2.05, 4.69) is 22.7 Å². The number of carbonyl (C=O) groups is 1. The summed E-state index contributed by atoms with van der Waals surface area (Å²) >= 11 is 0. The van der Waals surface area contributed by atoms with E-state index in [1.807, 2.05) is 42.5 Å². The maximum Gasteiger partial charge on any atom is 0.271 e. The number of amides is 1. The van der Waals surface area contributed by atoms with Crippen molar-refractivity contribution in [3.8, 4) is 22.6 Å². The van der Waals surface area contributed by atoms with Crippen molar-refractivity contribution in [2.75, 3.05) is 7.11 Å². The third kappa shape index (κ3) is 4.08. The highest BCUT2D eigenvalue weighted by Gasteiger charge is 2.08. The molecule has 130 valence electrons. The molecule has 0 saturated heterocycles. The van der Waals surface area contributed by atoms with E-state index in [0.717, 1.165) is 16.7 Å². The molecule has 0 atom stereocenters. The van der Waals surface area contributed by atoms with Crippen LogP contribution in [0.3, 0.4) is 0 Å². The quantitative estimate of drug-likeness (QED) is 0.545. The summed E-state index contributed by atoms with van der Waals surface area (Å²) in [5.74, 6) is -0.176. The lowest BCUT2D eigenvalue weighted by Gasteiger charge is -2.05. The first-order valence-electron chi connectivity index (χ1n) is 8.03. The van der Waals surface area contributed by atoms with Gasteiger partial charge in [0.15, 0.2) is 11.5 Å². The number of ether oxygens (including phenoxy) is 1. The first kappa shape index (κ1) is 17.2. The van der Waals surface area contributed by atoms with Gasteiger partial charge in [0.2, 0.25) is 0 Å². The molecule has 0 aliphatic rings. The molecule has 3 aromatic carbocycles. The maximum atomic E-state index is 12.1. The molecule has 1 amide bonds. The van der Waals surface area contributed by atoms with Crippen LogP contribution in [0, 0.1) is 0 Å². The summed E-state index contributed by atoms with van der Waals surface area (Å²) in [4.78, 5) is 12.1. The van der Waals surface area contributed by atoms with Crippen LogP contribution in [0.15, 0.2) is 77.9 Å². The summed E-state index contributed by atoms with van der Waals surface area (Å²) in [7, 11) is 1.42. The van der Waals surface area contributed by atoms with E-state index in [4.69, 9.17) is 4.74 Å². The van der Waals surface area contributed by atoms with Crippen molar-refractivity contribution in [2.45, 2.75) is 0 Å². The van der Waals surface area contributed by atoms with E-state index in [1.54, 1.807) is 6.21 Å². The summed E-state index contributed by atoms with van der Waals surface area (Å²) in [6.07, 6.45) is 1.57. The summed E-state index contributed by atoms with van der Waals surface area (Å²) in [5, 5.41) is 13.5. The number of nitrogens with one attached hydrogen (secondary N) is 1. The molecule has 0 heterocycles. The molecule has 0 saturated carbocycles. The zero-order valence-electron chi connectivity index (χ0n) is 14.2. The van der Waals surface area contributed by atoms with Gasteiger partial charge in [-0.2, -0.15) is 5.10 Å². The van der Waals surface area contributed by atoms with Crippen LogP contribution in [0.25, 0.3) is 11.1 Å². The van der Waals surface area contributed by atoms with Crippen LogP contribution in [-0.2, 0) is 0 Å². The maximum absolute atomic E-state index is 12.1. The van der Waals surface area contributed by atoms with Crippen LogP contribution >= 0.6 is 0 Å². The zero-order chi connectivity index (χ0) is 18.4. The minimum absolute atomic E-state index is 0.0222. The Morgan fingerprint density at radius 2 is 1.69 bits per heavy atom. The molecule has 0 unspecified atom stereocenters. The molecule has 0 spiro atoms. The van der Waals surface area contributed by atoms with E-state index in [0.29, 0.717) is 5.56 Å². The number of hydrogen-bond donors (Lipinski definition) is 2. The summed E-state index contributed by atoms with van der Waals surface area (Å²) in [5.41, 5.74) is 5.93. The summed E-state index contributed by atoms with van der Waals surface area (Å²) in [6.45, 7) is 0. The van der Waals surface area contributed by atoms with Gasteiger partial charge in [0.1, 0.15) is 0 Å². The van der Waals surface area contributed by atoms with Crippen molar-refractivity contribution in [1.29, 1.82) is 0 Å². The Morgan fingerprint density at radius 1 is 1.00 bits per heavy atom. The number of nitrogens with zero attached hydrogens (tertiary/aromatic N) is 1. The van der Waals surface area contributed by atoms with E-state index < -0.39 is 0 Å². The van der Waals surface area contributed by atoms with Crippen LogP contribution in [0.4, 0.5) is 0 Å². The van der Waals surface area contributed by atoms with Gasteiger partial charge >= 0.3 is 0 Å². The number of carbonyl (C=O) groups excluding carboxylic acids is 1. The number of rotatable bonds is 5. The SMILES string of the molecule is COc1cc(C(=O)NN=Cc2ccc(-c3ccccc3)cc2)ccc1O. The highest BCUT2D eigenvalue weighted by Crippen LogP contribution is 2.26. The highest BCUT2D eigenvalue weighted by molar-refractivity contribution is 5.95. The number of aromatic hydroxyl groups is 1. The lowest BCUT2D eigenvalue weighted by Crippen LogP contribution is -2.17. The molecule has 0 radical (unpaired) electrons. The molecular formula is C21H18N2O3. The molecule has 26 heavy (non-hydrogen) atoms. The average molecular weight is 346 g/mol. The Labute approximate surface area is 151 Å². The Hall–Kier alpha value is -3.60. The van der Waals surface area contributed by atoms with Crippen LogP contribution in [0.1, 0.15) is 15.9 Å². The minimum atomic E-state index is -0.388. The van der Waals surface area contributed by atoms with E-state index in [1.165, 1.54) is 25.3 Å². The second-order valence-electron chi connectivity index (χ2n) is 5.57. The predicted molar refractivity (Wildman–Crippen MR) is 102 cm³/mol. The summed E-state index contributed by atoms with van der Waals surface area (Å²) < 4.78 is 4.99. The smallest absolute Gasteiger partial charge is 0.271 e. The molecule has 2 N–H and O–H groups in total. The molecular weight excluding hydrogens is 328 g/mol. The van der Waals surface area contributed by atoms with Crippen molar-refractivity contribution >= 4 is 12.1 Å². The molecule has 0 aliphatic heterocycles. The molecule has 0 aromatic heterocycles. The van der Waals surface area contributed by atoms with Gasteiger partial charge in [0, 0.05) is 5.56 Å².